The number of nitrogens with zero attached hydrogens (tertiary/aromatic N) is 3. The van der Waals surface area contributed by atoms with Crippen LogP contribution in [-0.4, -0.2) is 40.1 Å². The monoisotopic (exact) mass is 468 g/mol. The van der Waals surface area contributed by atoms with Gasteiger partial charge in [-0.05, 0) is 66.2 Å². The number of nitrogens with one attached hydrogen (secondary N) is 1. The van der Waals surface area contributed by atoms with Crippen LogP contribution in [0.1, 0.15) is 11.1 Å². The van der Waals surface area contributed by atoms with Gasteiger partial charge in [-0.3, -0.25) is 9.59 Å². The summed E-state index contributed by atoms with van der Waals surface area (Å²) in [6.07, 6.45) is 0. The predicted octanol–water partition coefficient (Wildman–Crippen LogP) is 4.04. The molecule has 8 nitrogen and oxygen atoms in total. The maximum Gasteiger partial charge on any atom is 0.282 e. The van der Waals surface area contributed by atoms with Crippen molar-refractivity contribution in [3.8, 4) is 17.6 Å². The second-order valence-corrected chi connectivity index (χ2v) is 7.99. The molecule has 0 bridgehead atoms. The summed E-state index contributed by atoms with van der Waals surface area (Å²) < 4.78 is 10.7. The average molecular weight is 469 g/mol. The van der Waals surface area contributed by atoms with Gasteiger partial charge in [-0.1, -0.05) is 6.07 Å². The zero-order valence-electron chi connectivity index (χ0n) is 19.8. The number of methoxy groups -OCH3 is 2. The van der Waals surface area contributed by atoms with Crippen molar-refractivity contribution in [2.24, 2.45) is 0 Å². The molecule has 0 spiro atoms. The van der Waals surface area contributed by atoms with Crippen molar-refractivity contribution >= 4 is 34.4 Å². The molecule has 3 aromatic carbocycles. The maximum atomic E-state index is 13.6. The number of hydrogen-bond acceptors (Lipinski definition) is 7. The van der Waals surface area contributed by atoms with Crippen molar-refractivity contribution in [1.82, 2.24) is 0 Å². The first-order valence-corrected chi connectivity index (χ1v) is 10.8. The number of carbonyl (C=O) groups is 2. The van der Waals surface area contributed by atoms with Crippen LogP contribution in [-0.2, 0) is 9.59 Å². The lowest BCUT2D eigenvalue weighted by atomic mass is 10.0. The first-order chi connectivity index (χ1) is 16.9. The highest BCUT2D eigenvalue weighted by Gasteiger charge is 2.40. The predicted molar refractivity (Wildman–Crippen MR) is 135 cm³/mol. The highest BCUT2D eigenvalue weighted by molar-refractivity contribution is 6.46. The highest BCUT2D eigenvalue weighted by Crippen LogP contribution is 2.37. The van der Waals surface area contributed by atoms with Gasteiger partial charge < -0.3 is 19.7 Å². The van der Waals surface area contributed by atoms with Gasteiger partial charge in [-0.2, -0.15) is 5.26 Å². The minimum atomic E-state index is -0.499. The van der Waals surface area contributed by atoms with Gasteiger partial charge in [-0.15, -0.1) is 0 Å². The van der Waals surface area contributed by atoms with Gasteiger partial charge in [0, 0.05) is 25.5 Å². The molecule has 0 radical (unpaired) electrons. The van der Waals surface area contributed by atoms with Crippen molar-refractivity contribution in [1.29, 1.82) is 5.26 Å². The van der Waals surface area contributed by atoms with E-state index in [9.17, 15) is 9.59 Å². The van der Waals surface area contributed by atoms with Crippen LogP contribution in [0.4, 0.5) is 17.1 Å². The summed E-state index contributed by atoms with van der Waals surface area (Å²) in [5.74, 6) is -0.0452. The standard InChI is InChI=1S/C27H24N4O4/c1-30(2)20-12-8-19(9-13-20)29-25-24(18-7-14-22(34-3)23(15-18)35-4)26(32)31(27(25)33)21-10-5-17(16-28)6-11-21/h5-15,29H,1-4H3. The number of ether oxygens (including phenoxy) is 2. The van der Waals surface area contributed by atoms with E-state index in [1.165, 1.54) is 14.2 Å². The zero-order valence-corrected chi connectivity index (χ0v) is 19.8. The summed E-state index contributed by atoms with van der Waals surface area (Å²) in [7, 11) is 6.91. The Hall–Kier alpha value is -4.77. The Morgan fingerprint density at radius 1 is 0.857 bits per heavy atom. The number of carbonyl (C=O) groups excluding carboxylic acids is 2. The molecule has 1 N–H and O–H groups in total. The molecule has 0 fully saturated rings. The van der Waals surface area contributed by atoms with Crippen LogP contribution >= 0.6 is 0 Å². The number of anilines is 3. The number of nitriles is 1. The van der Waals surface area contributed by atoms with Gasteiger partial charge in [-0.25, -0.2) is 4.90 Å². The van der Waals surface area contributed by atoms with Gasteiger partial charge in [0.1, 0.15) is 5.70 Å². The largest absolute Gasteiger partial charge is 0.493 e. The Bertz CT molecular complexity index is 1350. The first-order valence-electron chi connectivity index (χ1n) is 10.8. The van der Waals surface area contributed by atoms with Gasteiger partial charge >= 0.3 is 0 Å². The van der Waals surface area contributed by atoms with Crippen molar-refractivity contribution in [2.45, 2.75) is 0 Å². The third-order valence-corrected chi connectivity index (χ3v) is 5.66. The Labute approximate surface area is 203 Å². The second kappa shape index (κ2) is 9.61. The minimum Gasteiger partial charge on any atom is -0.493 e. The Kier molecular flexibility index (Phi) is 6.42. The fraction of sp³-hybridized carbons (Fsp3) is 0.148. The van der Waals surface area contributed by atoms with Crippen molar-refractivity contribution < 1.29 is 19.1 Å². The van der Waals surface area contributed by atoms with Crippen LogP contribution in [0.5, 0.6) is 11.5 Å². The van der Waals surface area contributed by atoms with E-state index in [1.807, 2.05) is 49.3 Å². The van der Waals surface area contributed by atoms with Crippen molar-refractivity contribution in [3.05, 3.63) is 83.6 Å². The van der Waals surface area contributed by atoms with E-state index < -0.39 is 11.8 Å². The Balaban J connectivity index is 1.81. The third-order valence-electron chi connectivity index (χ3n) is 5.66. The van der Waals surface area contributed by atoms with E-state index in [-0.39, 0.29) is 11.3 Å². The number of imide groups is 1. The number of amides is 2. The molecule has 35 heavy (non-hydrogen) atoms. The van der Waals surface area contributed by atoms with Gasteiger partial charge in [0.2, 0.25) is 0 Å². The van der Waals surface area contributed by atoms with Crippen LogP contribution in [0, 0.1) is 11.3 Å². The van der Waals surface area contributed by atoms with Crippen molar-refractivity contribution in [3.63, 3.8) is 0 Å². The van der Waals surface area contributed by atoms with E-state index in [0.29, 0.717) is 34.0 Å². The maximum absolute atomic E-state index is 13.6. The smallest absolute Gasteiger partial charge is 0.282 e. The molecule has 0 aliphatic carbocycles. The quantitative estimate of drug-likeness (QED) is 0.523. The fourth-order valence-electron chi connectivity index (χ4n) is 3.81. The van der Waals surface area contributed by atoms with Crippen LogP contribution in [0.15, 0.2) is 72.4 Å². The summed E-state index contributed by atoms with van der Waals surface area (Å²) in [5.41, 5.74) is 3.31. The molecule has 8 heteroatoms. The lowest BCUT2D eigenvalue weighted by Gasteiger charge is -2.16. The lowest BCUT2D eigenvalue weighted by Crippen LogP contribution is -2.32. The lowest BCUT2D eigenvalue weighted by molar-refractivity contribution is -0.120. The van der Waals surface area contributed by atoms with Gasteiger partial charge in [0.15, 0.2) is 11.5 Å². The normalized spacial score (nSPS) is 13.1. The number of rotatable bonds is 7. The Morgan fingerprint density at radius 2 is 1.51 bits per heavy atom. The van der Waals surface area contributed by atoms with Crippen LogP contribution < -0.4 is 24.6 Å². The molecule has 1 aliphatic rings. The number of hydrogen-bond donors (Lipinski definition) is 1. The van der Waals surface area contributed by atoms with E-state index in [4.69, 9.17) is 14.7 Å². The molecule has 0 atom stereocenters. The summed E-state index contributed by atoms with van der Waals surface area (Å²) in [5, 5.41) is 12.2. The second-order valence-electron chi connectivity index (χ2n) is 7.99. The van der Waals surface area contributed by atoms with Crippen molar-refractivity contribution in [2.75, 3.05) is 43.4 Å². The van der Waals surface area contributed by atoms with Crippen LogP contribution in [0.25, 0.3) is 5.57 Å². The molecular formula is C27H24N4O4. The van der Waals surface area contributed by atoms with E-state index in [1.54, 1.807) is 42.5 Å². The average Bonchev–Trinajstić information content (AvgIpc) is 3.12. The first kappa shape index (κ1) is 23.4. The van der Waals surface area contributed by atoms with Crippen LogP contribution in [0.2, 0.25) is 0 Å². The molecular weight excluding hydrogens is 444 g/mol. The summed E-state index contributed by atoms with van der Waals surface area (Å²) in [6.45, 7) is 0. The molecule has 1 aliphatic heterocycles. The van der Waals surface area contributed by atoms with Crippen LogP contribution in [0.3, 0.4) is 0 Å². The Morgan fingerprint density at radius 3 is 2.09 bits per heavy atom. The molecule has 2 amide bonds. The SMILES string of the molecule is COc1ccc(C2=C(Nc3ccc(N(C)C)cc3)C(=O)N(c3ccc(C#N)cc3)C2=O)cc1OC. The summed E-state index contributed by atoms with van der Waals surface area (Å²) in [6, 6.07) is 20.9. The fourth-order valence-corrected chi connectivity index (χ4v) is 3.81. The molecule has 0 saturated heterocycles. The van der Waals surface area contributed by atoms with E-state index >= 15 is 0 Å². The molecule has 4 rings (SSSR count). The molecule has 0 unspecified atom stereocenters. The molecule has 0 saturated carbocycles. The van der Waals surface area contributed by atoms with Gasteiger partial charge in [0.25, 0.3) is 11.8 Å². The number of benzene rings is 3. The molecule has 3 aromatic rings. The highest BCUT2D eigenvalue weighted by atomic mass is 16.5. The summed E-state index contributed by atoms with van der Waals surface area (Å²) >= 11 is 0. The minimum absolute atomic E-state index is 0.143. The topological polar surface area (TPSA) is 94.9 Å². The summed E-state index contributed by atoms with van der Waals surface area (Å²) in [4.78, 5) is 30.3. The van der Waals surface area contributed by atoms with E-state index in [2.05, 4.69) is 5.32 Å². The zero-order chi connectivity index (χ0) is 25.1. The molecule has 0 aromatic heterocycles. The van der Waals surface area contributed by atoms with Gasteiger partial charge in [0.05, 0.1) is 37.1 Å². The third kappa shape index (κ3) is 4.39. The molecule has 1 heterocycles. The molecule has 176 valence electrons. The van der Waals surface area contributed by atoms with E-state index in [0.717, 1.165) is 10.6 Å².